The van der Waals surface area contributed by atoms with E-state index in [1.54, 1.807) is 18.6 Å². The Kier molecular flexibility index (Phi) is 6.24. The van der Waals surface area contributed by atoms with E-state index < -0.39 is 0 Å². The van der Waals surface area contributed by atoms with E-state index in [0.29, 0.717) is 24.7 Å². The average Bonchev–Trinajstić information content (AvgIpc) is 3.08. The molecule has 0 N–H and O–H groups in total. The van der Waals surface area contributed by atoms with Crippen LogP contribution in [0.1, 0.15) is 30.8 Å². The van der Waals surface area contributed by atoms with Crippen LogP contribution in [0.3, 0.4) is 0 Å². The maximum absolute atomic E-state index is 12.7. The molecule has 2 heterocycles. The topological polar surface area (TPSA) is 51.0 Å². The molecule has 0 unspecified atom stereocenters. The number of rotatable bonds is 7. The van der Waals surface area contributed by atoms with Crippen molar-refractivity contribution >= 4 is 17.5 Å². The number of carbonyl (C=O) groups excluding carboxylic acids is 1. The van der Waals surface area contributed by atoms with Crippen LogP contribution in [0.5, 0.6) is 0 Å². The third-order valence-electron chi connectivity index (χ3n) is 4.28. The molecule has 1 aromatic carbocycles. The highest BCUT2D eigenvalue weighted by atomic mass is 35.5. The van der Waals surface area contributed by atoms with Crippen LogP contribution in [-0.4, -0.2) is 25.3 Å². The fraction of sp³-hybridized carbons (Fsp3) is 0.286. The molecule has 5 nitrogen and oxygen atoms in total. The molecule has 0 fully saturated rings. The van der Waals surface area contributed by atoms with Gasteiger partial charge in [0, 0.05) is 48.8 Å². The summed E-state index contributed by atoms with van der Waals surface area (Å²) in [5.41, 5.74) is 2.09. The van der Waals surface area contributed by atoms with Gasteiger partial charge in [-0.25, -0.2) is 4.98 Å². The minimum Gasteiger partial charge on any atom is -0.331 e. The summed E-state index contributed by atoms with van der Waals surface area (Å²) in [4.78, 5) is 23.2. The largest absolute Gasteiger partial charge is 0.331 e. The average molecular weight is 383 g/mol. The molecule has 0 saturated carbocycles. The number of aromatic nitrogens is 3. The van der Waals surface area contributed by atoms with Crippen molar-refractivity contribution < 1.29 is 4.79 Å². The van der Waals surface area contributed by atoms with Gasteiger partial charge in [0.1, 0.15) is 5.82 Å². The molecule has 0 spiro atoms. The number of nitrogens with zero attached hydrogens (tertiary/aromatic N) is 4. The van der Waals surface area contributed by atoms with E-state index in [1.165, 1.54) is 0 Å². The molecule has 0 atom stereocenters. The van der Waals surface area contributed by atoms with Crippen LogP contribution < -0.4 is 0 Å². The van der Waals surface area contributed by atoms with Crippen molar-refractivity contribution in [1.82, 2.24) is 19.4 Å². The van der Waals surface area contributed by atoms with E-state index >= 15 is 0 Å². The molecule has 6 heteroatoms. The number of hydrogen-bond donors (Lipinski definition) is 0. The number of halogens is 1. The SMILES string of the molecule is CC(C)C(=O)N(Cc1cccnc1)Cc1nccn1Cc1cccc(Cl)c1. The number of benzene rings is 1. The van der Waals surface area contributed by atoms with Crippen LogP contribution in [-0.2, 0) is 24.4 Å². The van der Waals surface area contributed by atoms with Crippen molar-refractivity contribution in [2.75, 3.05) is 0 Å². The summed E-state index contributed by atoms with van der Waals surface area (Å²) in [7, 11) is 0. The predicted molar refractivity (Wildman–Crippen MR) is 106 cm³/mol. The maximum atomic E-state index is 12.7. The highest BCUT2D eigenvalue weighted by Gasteiger charge is 2.20. The van der Waals surface area contributed by atoms with Gasteiger partial charge < -0.3 is 9.47 Å². The quantitative estimate of drug-likeness (QED) is 0.616. The second-order valence-corrected chi connectivity index (χ2v) is 7.25. The predicted octanol–water partition coefficient (Wildman–Crippen LogP) is 4.16. The Labute approximate surface area is 164 Å². The Morgan fingerprint density at radius 2 is 1.96 bits per heavy atom. The van der Waals surface area contributed by atoms with Crippen molar-refractivity contribution in [2.45, 2.75) is 33.5 Å². The lowest BCUT2D eigenvalue weighted by atomic mass is 10.1. The molecule has 0 saturated heterocycles. The number of carbonyl (C=O) groups is 1. The van der Waals surface area contributed by atoms with Gasteiger partial charge in [-0.2, -0.15) is 0 Å². The van der Waals surface area contributed by atoms with Gasteiger partial charge >= 0.3 is 0 Å². The molecule has 140 valence electrons. The highest BCUT2D eigenvalue weighted by molar-refractivity contribution is 6.30. The Bertz CT molecular complexity index is 892. The van der Waals surface area contributed by atoms with E-state index in [-0.39, 0.29) is 11.8 Å². The first kappa shape index (κ1) is 19.1. The fourth-order valence-electron chi connectivity index (χ4n) is 2.93. The van der Waals surface area contributed by atoms with Gasteiger partial charge in [0.15, 0.2) is 0 Å². The van der Waals surface area contributed by atoms with Crippen molar-refractivity contribution in [3.05, 3.63) is 83.2 Å². The van der Waals surface area contributed by atoms with Crippen LogP contribution in [0.2, 0.25) is 5.02 Å². The molecule has 2 aromatic heterocycles. The van der Waals surface area contributed by atoms with Gasteiger partial charge in [-0.15, -0.1) is 0 Å². The third-order valence-corrected chi connectivity index (χ3v) is 4.51. The molecule has 0 aliphatic heterocycles. The molecule has 0 aliphatic rings. The second-order valence-electron chi connectivity index (χ2n) is 6.81. The monoisotopic (exact) mass is 382 g/mol. The van der Waals surface area contributed by atoms with E-state index in [2.05, 4.69) is 14.5 Å². The Balaban J connectivity index is 1.80. The van der Waals surface area contributed by atoms with E-state index in [4.69, 9.17) is 11.6 Å². The minimum absolute atomic E-state index is 0.0852. The molecule has 1 amide bonds. The van der Waals surface area contributed by atoms with Crippen LogP contribution in [0, 0.1) is 5.92 Å². The molecular formula is C21H23ClN4O. The van der Waals surface area contributed by atoms with Crippen molar-refractivity contribution in [3.8, 4) is 0 Å². The zero-order chi connectivity index (χ0) is 19.2. The summed E-state index contributed by atoms with van der Waals surface area (Å²) in [6.07, 6.45) is 7.22. The first-order valence-electron chi connectivity index (χ1n) is 8.95. The third kappa shape index (κ3) is 5.17. The standard InChI is InChI=1S/C21H23ClN4O/c1-16(2)21(27)26(14-18-6-4-8-23-12-18)15-20-24-9-10-25(20)13-17-5-3-7-19(22)11-17/h3-12,16H,13-15H2,1-2H3. The van der Waals surface area contributed by atoms with Crippen molar-refractivity contribution in [2.24, 2.45) is 5.92 Å². The van der Waals surface area contributed by atoms with Gasteiger partial charge in [0.05, 0.1) is 6.54 Å². The smallest absolute Gasteiger partial charge is 0.225 e. The Hall–Kier alpha value is -2.66. The summed E-state index contributed by atoms with van der Waals surface area (Å²) in [5, 5.41) is 0.711. The summed E-state index contributed by atoms with van der Waals surface area (Å²) >= 11 is 6.09. The number of amides is 1. The lowest BCUT2D eigenvalue weighted by Crippen LogP contribution is -2.34. The van der Waals surface area contributed by atoms with Gasteiger partial charge in [0.2, 0.25) is 5.91 Å². The fourth-order valence-corrected chi connectivity index (χ4v) is 3.14. The van der Waals surface area contributed by atoms with Crippen molar-refractivity contribution in [3.63, 3.8) is 0 Å². The summed E-state index contributed by atoms with van der Waals surface area (Å²) in [6.45, 7) is 5.44. The lowest BCUT2D eigenvalue weighted by Gasteiger charge is -2.24. The summed E-state index contributed by atoms with van der Waals surface area (Å²) in [5.74, 6) is 0.849. The van der Waals surface area contributed by atoms with Crippen LogP contribution >= 0.6 is 11.6 Å². The number of hydrogen-bond acceptors (Lipinski definition) is 3. The summed E-state index contributed by atoms with van der Waals surface area (Å²) in [6, 6.07) is 11.6. The molecular weight excluding hydrogens is 360 g/mol. The molecule has 3 aromatic rings. The zero-order valence-corrected chi connectivity index (χ0v) is 16.3. The van der Waals surface area contributed by atoms with Gasteiger partial charge in [-0.1, -0.05) is 43.6 Å². The Morgan fingerprint density at radius 1 is 1.15 bits per heavy atom. The first-order valence-corrected chi connectivity index (χ1v) is 9.33. The molecule has 3 rings (SSSR count). The minimum atomic E-state index is -0.0852. The highest BCUT2D eigenvalue weighted by Crippen LogP contribution is 2.15. The Morgan fingerprint density at radius 3 is 2.67 bits per heavy atom. The second kappa shape index (κ2) is 8.82. The van der Waals surface area contributed by atoms with Crippen LogP contribution in [0.4, 0.5) is 0 Å². The molecule has 0 bridgehead atoms. The molecule has 27 heavy (non-hydrogen) atoms. The first-order chi connectivity index (χ1) is 13.0. The van der Waals surface area contributed by atoms with E-state index in [0.717, 1.165) is 17.0 Å². The van der Waals surface area contributed by atoms with Gasteiger partial charge in [-0.05, 0) is 29.3 Å². The number of pyridine rings is 1. The van der Waals surface area contributed by atoms with Gasteiger partial charge in [-0.3, -0.25) is 9.78 Å². The molecule has 0 radical (unpaired) electrons. The van der Waals surface area contributed by atoms with Crippen molar-refractivity contribution in [1.29, 1.82) is 0 Å². The van der Waals surface area contributed by atoms with Crippen LogP contribution in [0.15, 0.2) is 61.2 Å². The van der Waals surface area contributed by atoms with Gasteiger partial charge in [0.25, 0.3) is 0 Å². The zero-order valence-electron chi connectivity index (χ0n) is 15.5. The van der Waals surface area contributed by atoms with E-state index in [1.807, 2.05) is 61.3 Å². The maximum Gasteiger partial charge on any atom is 0.225 e. The van der Waals surface area contributed by atoms with Crippen LogP contribution in [0.25, 0.3) is 0 Å². The van der Waals surface area contributed by atoms with E-state index in [9.17, 15) is 4.79 Å². The number of imidazole rings is 1. The normalized spacial score (nSPS) is 11.0. The summed E-state index contributed by atoms with van der Waals surface area (Å²) < 4.78 is 2.05. The lowest BCUT2D eigenvalue weighted by molar-refractivity contribution is -0.135. The molecule has 0 aliphatic carbocycles.